The molecule has 1 aromatic carbocycles. The van der Waals surface area contributed by atoms with Crippen molar-refractivity contribution >= 4 is 11.6 Å². The van der Waals surface area contributed by atoms with Crippen LogP contribution in [0.4, 0.5) is 4.39 Å². The third-order valence-corrected chi connectivity index (χ3v) is 1.95. The molecule has 0 fully saturated rings. The van der Waals surface area contributed by atoms with Crippen molar-refractivity contribution in [2.75, 3.05) is 5.88 Å². The Hall–Kier alpha value is -0.600. The lowest BCUT2D eigenvalue weighted by Gasteiger charge is -2.08. The number of aliphatic hydroxyl groups excluding tert-OH is 1. The fourth-order valence-electron chi connectivity index (χ4n) is 1.00. The van der Waals surface area contributed by atoms with Gasteiger partial charge in [-0.15, -0.1) is 11.6 Å². The summed E-state index contributed by atoms with van der Waals surface area (Å²) < 4.78 is 13.0. The second kappa shape index (κ2) is 3.87. The van der Waals surface area contributed by atoms with Crippen LogP contribution in [0.5, 0.6) is 0 Å². The molecule has 3 heteroatoms. The first-order valence-electron chi connectivity index (χ1n) is 3.65. The standard InChI is InChI=1S/C9H10ClFO/c1-6-2-3-8(11)7(4-6)9(12)5-10/h2-4,9,12H,5H2,1H3/t9-/m0/s1. The SMILES string of the molecule is Cc1ccc(F)c([C@@H](O)CCl)c1. The highest BCUT2D eigenvalue weighted by Crippen LogP contribution is 2.19. The van der Waals surface area contributed by atoms with E-state index in [9.17, 15) is 9.50 Å². The number of aliphatic hydroxyl groups is 1. The van der Waals surface area contributed by atoms with Crippen molar-refractivity contribution in [3.05, 3.63) is 35.1 Å². The first kappa shape index (κ1) is 9.49. The van der Waals surface area contributed by atoms with Crippen LogP contribution in [0.15, 0.2) is 18.2 Å². The summed E-state index contributed by atoms with van der Waals surface area (Å²) in [4.78, 5) is 0. The summed E-state index contributed by atoms with van der Waals surface area (Å²) in [5.41, 5.74) is 1.18. The number of halogens is 2. The molecule has 1 nitrogen and oxygen atoms in total. The predicted octanol–water partition coefficient (Wildman–Crippen LogP) is 2.41. The number of alkyl halides is 1. The second-order valence-corrected chi connectivity index (χ2v) is 3.00. The van der Waals surface area contributed by atoms with Gasteiger partial charge in [0.25, 0.3) is 0 Å². The number of hydrogen-bond acceptors (Lipinski definition) is 1. The molecular formula is C9H10ClFO. The Morgan fingerprint density at radius 1 is 1.58 bits per heavy atom. The van der Waals surface area contributed by atoms with Crippen LogP contribution in [0.25, 0.3) is 0 Å². The van der Waals surface area contributed by atoms with E-state index in [2.05, 4.69) is 0 Å². The largest absolute Gasteiger partial charge is 0.387 e. The van der Waals surface area contributed by atoms with E-state index in [1.54, 1.807) is 12.1 Å². The second-order valence-electron chi connectivity index (χ2n) is 2.70. The van der Waals surface area contributed by atoms with Crippen molar-refractivity contribution in [2.45, 2.75) is 13.0 Å². The summed E-state index contributed by atoms with van der Waals surface area (Å²) in [7, 11) is 0. The average Bonchev–Trinajstić information content (AvgIpc) is 2.08. The van der Waals surface area contributed by atoms with Gasteiger partial charge in [-0.1, -0.05) is 17.7 Å². The van der Waals surface area contributed by atoms with Crippen molar-refractivity contribution in [3.63, 3.8) is 0 Å². The van der Waals surface area contributed by atoms with Crippen LogP contribution >= 0.6 is 11.6 Å². The van der Waals surface area contributed by atoms with Crippen LogP contribution in [0, 0.1) is 12.7 Å². The van der Waals surface area contributed by atoms with Crippen LogP contribution in [0.3, 0.4) is 0 Å². The van der Waals surface area contributed by atoms with E-state index in [4.69, 9.17) is 11.6 Å². The number of benzene rings is 1. The Morgan fingerprint density at radius 2 is 2.25 bits per heavy atom. The smallest absolute Gasteiger partial charge is 0.129 e. The van der Waals surface area contributed by atoms with E-state index in [1.807, 2.05) is 6.92 Å². The van der Waals surface area contributed by atoms with Crippen LogP contribution in [-0.4, -0.2) is 11.0 Å². The first-order chi connectivity index (χ1) is 5.65. The molecule has 0 aliphatic carbocycles. The zero-order valence-corrected chi connectivity index (χ0v) is 7.48. The Bertz CT molecular complexity index is 275. The molecule has 0 aliphatic heterocycles. The molecule has 0 saturated carbocycles. The van der Waals surface area contributed by atoms with Crippen LogP contribution < -0.4 is 0 Å². The molecule has 1 atom stereocenters. The van der Waals surface area contributed by atoms with Crippen LogP contribution in [0.1, 0.15) is 17.2 Å². The van der Waals surface area contributed by atoms with Gasteiger partial charge in [-0.3, -0.25) is 0 Å². The van der Waals surface area contributed by atoms with Gasteiger partial charge in [-0.25, -0.2) is 4.39 Å². The normalized spacial score (nSPS) is 13.0. The lowest BCUT2D eigenvalue weighted by Crippen LogP contribution is -2.02. The first-order valence-corrected chi connectivity index (χ1v) is 4.18. The van der Waals surface area contributed by atoms with E-state index in [-0.39, 0.29) is 11.4 Å². The van der Waals surface area contributed by atoms with Gasteiger partial charge in [0.05, 0.1) is 12.0 Å². The van der Waals surface area contributed by atoms with Crippen molar-refractivity contribution in [1.29, 1.82) is 0 Å². The van der Waals surface area contributed by atoms with Gasteiger partial charge in [0.15, 0.2) is 0 Å². The molecule has 1 N–H and O–H groups in total. The summed E-state index contributed by atoms with van der Waals surface area (Å²) in [6.07, 6.45) is -0.911. The van der Waals surface area contributed by atoms with Gasteiger partial charge in [0.2, 0.25) is 0 Å². The highest BCUT2D eigenvalue weighted by molar-refractivity contribution is 6.18. The van der Waals surface area contributed by atoms with E-state index in [1.165, 1.54) is 6.07 Å². The summed E-state index contributed by atoms with van der Waals surface area (Å²) in [6, 6.07) is 4.59. The maximum absolute atomic E-state index is 13.0. The topological polar surface area (TPSA) is 20.2 Å². The third-order valence-electron chi connectivity index (χ3n) is 1.66. The summed E-state index contributed by atoms with van der Waals surface area (Å²) in [5, 5.41) is 9.26. The van der Waals surface area contributed by atoms with E-state index in [0.29, 0.717) is 0 Å². The molecule has 0 radical (unpaired) electrons. The Balaban J connectivity index is 3.04. The zero-order chi connectivity index (χ0) is 9.14. The highest BCUT2D eigenvalue weighted by Gasteiger charge is 2.10. The zero-order valence-electron chi connectivity index (χ0n) is 6.72. The lowest BCUT2D eigenvalue weighted by molar-refractivity contribution is 0.197. The fourth-order valence-corrected chi connectivity index (χ4v) is 1.17. The van der Waals surface area contributed by atoms with Crippen molar-refractivity contribution in [3.8, 4) is 0 Å². The molecule has 0 spiro atoms. The molecule has 0 saturated heterocycles. The Morgan fingerprint density at radius 3 is 2.83 bits per heavy atom. The minimum atomic E-state index is -0.911. The minimum Gasteiger partial charge on any atom is -0.387 e. The molecule has 0 bridgehead atoms. The predicted molar refractivity (Wildman–Crippen MR) is 46.8 cm³/mol. The number of rotatable bonds is 2. The van der Waals surface area contributed by atoms with Gasteiger partial charge >= 0.3 is 0 Å². The molecule has 1 rings (SSSR count). The van der Waals surface area contributed by atoms with Crippen LogP contribution in [-0.2, 0) is 0 Å². The quantitative estimate of drug-likeness (QED) is 0.707. The summed E-state index contributed by atoms with van der Waals surface area (Å²) in [6.45, 7) is 1.84. The van der Waals surface area contributed by atoms with E-state index in [0.717, 1.165) is 5.56 Å². The highest BCUT2D eigenvalue weighted by atomic mass is 35.5. The fraction of sp³-hybridized carbons (Fsp3) is 0.333. The number of hydrogen-bond donors (Lipinski definition) is 1. The molecular weight excluding hydrogens is 179 g/mol. The molecule has 12 heavy (non-hydrogen) atoms. The maximum atomic E-state index is 13.0. The van der Waals surface area contributed by atoms with E-state index < -0.39 is 11.9 Å². The molecule has 0 heterocycles. The maximum Gasteiger partial charge on any atom is 0.129 e. The molecule has 66 valence electrons. The van der Waals surface area contributed by atoms with Crippen molar-refractivity contribution in [1.82, 2.24) is 0 Å². The van der Waals surface area contributed by atoms with Gasteiger partial charge in [0.1, 0.15) is 5.82 Å². The molecule has 0 aliphatic rings. The third kappa shape index (κ3) is 1.96. The van der Waals surface area contributed by atoms with Crippen molar-refractivity contribution < 1.29 is 9.50 Å². The average molecular weight is 189 g/mol. The van der Waals surface area contributed by atoms with Gasteiger partial charge in [-0.2, -0.15) is 0 Å². The Kier molecular flexibility index (Phi) is 3.06. The molecule has 0 aromatic heterocycles. The van der Waals surface area contributed by atoms with Gasteiger partial charge in [-0.05, 0) is 13.0 Å². The van der Waals surface area contributed by atoms with Gasteiger partial charge in [0, 0.05) is 5.56 Å². The van der Waals surface area contributed by atoms with E-state index >= 15 is 0 Å². The lowest BCUT2D eigenvalue weighted by atomic mass is 10.1. The monoisotopic (exact) mass is 188 g/mol. The minimum absolute atomic E-state index is 0.0143. The summed E-state index contributed by atoms with van der Waals surface area (Å²) in [5.74, 6) is -0.394. The number of aryl methyl sites for hydroxylation is 1. The molecule has 1 aromatic rings. The van der Waals surface area contributed by atoms with Crippen LogP contribution in [0.2, 0.25) is 0 Å². The molecule has 0 amide bonds. The van der Waals surface area contributed by atoms with Crippen molar-refractivity contribution in [2.24, 2.45) is 0 Å². The molecule has 0 unspecified atom stereocenters. The summed E-state index contributed by atoms with van der Waals surface area (Å²) >= 11 is 5.39. The van der Waals surface area contributed by atoms with Gasteiger partial charge < -0.3 is 5.11 Å². The Labute approximate surface area is 75.8 Å².